The number of ether oxygens (including phenoxy) is 1. The van der Waals surface area contributed by atoms with Crippen LogP contribution in [-0.4, -0.2) is 35.2 Å². The molecular formula is C26H22BrN7O4. The molecular weight excluding hydrogens is 554 g/mol. The van der Waals surface area contributed by atoms with Gasteiger partial charge in [-0.3, -0.25) is 19.6 Å². The van der Waals surface area contributed by atoms with Crippen molar-refractivity contribution in [2.45, 2.75) is 27.3 Å². The van der Waals surface area contributed by atoms with Crippen molar-refractivity contribution in [3.8, 4) is 22.9 Å². The zero-order chi connectivity index (χ0) is 27.0. The average molecular weight is 576 g/mol. The minimum absolute atomic E-state index is 0.0827. The predicted octanol–water partition coefficient (Wildman–Crippen LogP) is 5.94. The summed E-state index contributed by atoms with van der Waals surface area (Å²) in [5.41, 5.74) is 3.78. The SMILES string of the molecule is CCn1cc(Br)c(-c2ccnc3cc(C(=O)Nc4cc(Oc5cc(C)cc(C)c5)cc([N+](=O)[O-])c4)nn23)n1. The van der Waals surface area contributed by atoms with E-state index in [0.29, 0.717) is 29.3 Å². The van der Waals surface area contributed by atoms with E-state index in [4.69, 9.17) is 4.74 Å². The van der Waals surface area contributed by atoms with Gasteiger partial charge in [-0.15, -0.1) is 0 Å². The highest BCUT2D eigenvalue weighted by atomic mass is 79.9. The Morgan fingerprint density at radius 1 is 1.08 bits per heavy atom. The molecule has 38 heavy (non-hydrogen) atoms. The normalized spacial score (nSPS) is 11.1. The van der Waals surface area contributed by atoms with Crippen LogP contribution in [0, 0.1) is 24.0 Å². The van der Waals surface area contributed by atoms with Gasteiger partial charge in [0.15, 0.2) is 11.3 Å². The molecule has 0 spiro atoms. The third kappa shape index (κ3) is 5.11. The standard InChI is InChI=1S/C26H22BrN7O4/c1-4-32-14-21(27)25(31-32)23-5-6-28-24-13-22(30-33(23)24)26(35)29-17-10-18(34(36)37)12-20(11-17)38-19-8-15(2)7-16(3)9-19/h5-14H,4H2,1-3H3,(H,29,35). The summed E-state index contributed by atoms with van der Waals surface area (Å²) in [5.74, 6) is 0.197. The number of nitrogens with one attached hydrogen (secondary N) is 1. The van der Waals surface area contributed by atoms with Crippen molar-refractivity contribution in [2.75, 3.05) is 5.32 Å². The van der Waals surface area contributed by atoms with Crippen LogP contribution in [0.5, 0.6) is 11.5 Å². The van der Waals surface area contributed by atoms with Crippen LogP contribution >= 0.6 is 15.9 Å². The topological polar surface area (TPSA) is 129 Å². The van der Waals surface area contributed by atoms with Crippen LogP contribution in [0.1, 0.15) is 28.5 Å². The molecule has 0 unspecified atom stereocenters. The summed E-state index contributed by atoms with van der Waals surface area (Å²) in [4.78, 5) is 28.5. The molecule has 0 saturated carbocycles. The van der Waals surface area contributed by atoms with E-state index in [1.165, 1.54) is 28.8 Å². The number of carbonyl (C=O) groups excluding carboxylic acids is 1. The van der Waals surface area contributed by atoms with Gasteiger partial charge in [-0.1, -0.05) is 6.07 Å². The summed E-state index contributed by atoms with van der Waals surface area (Å²) in [6.45, 7) is 6.54. The van der Waals surface area contributed by atoms with Crippen LogP contribution in [0.15, 0.2) is 65.4 Å². The minimum atomic E-state index is -0.558. The lowest BCUT2D eigenvalue weighted by Gasteiger charge is -2.10. The summed E-state index contributed by atoms with van der Waals surface area (Å²) >= 11 is 3.53. The molecule has 0 fully saturated rings. The maximum Gasteiger partial charge on any atom is 0.276 e. The number of hydrogen-bond donors (Lipinski definition) is 1. The summed E-state index contributed by atoms with van der Waals surface area (Å²) in [5, 5.41) is 23.2. The maximum absolute atomic E-state index is 13.1. The first-order chi connectivity index (χ1) is 18.2. The van der Waals surface area contributed by atoms with Gasteiger partial charge in [0, 0.05) is 37.1 Å². The molecule has 3 aromatic heterocycles. The second kappa shape index (κ2) is 10.1. The van der Waals surface area contributed by atoms with Crippen molar-refractivity contribution in [3.05, 3.63) is 92.3 Å². The van der Waals surface area contributed by atoms with Crippen molar-refractivity contribution in [1.82, 2.24) is 24.4 Å². The van der Waals surface area contributed by atoms with Gasteiger partial charge in [0.1, 0.15) is 17.2 Å². The van der Waals surface area contributed by atoms with E-state index >= 15 is 0 Å². The first kappa shape index (κ1) is 25.1. The van der Waals surface area contributed by atoms with Gasteiger partial charge in [-0.2, -0.15) is 10.2 Å². The van der Waals surface area contributed by atoms with Crippen LogP contribution in [0.3, 0.4) is 0 Å². The van der Waals surface area contributed by atoms with E-state index in [1.807, 2.05) is 45.2 Å². The molecule has 3 heterocycles. The Balaban J connectivity index is 1.46. The second-order valence-corrected chi connectivity index (χ2v) is 9.52. The van der Waals surface area contributed by atoms with Gasteiger partial charge >= 0.3 is 0 Å². The number of nitrogens with zero attached hydrogens (tertiary/aromatic N) is 6. The highest BCUT2D eigenvalue weighted by Gasteiger charge is 2.19. The molecule has 5 aromatic rings. The summed E-state index contributed by atoms with van der Waals surface area (Å²) < 4.78 is 9.99. The number of aryl methyl sites for hydroxylation is 3. The zero-order valence-corrected chi connectivity index (χ0v) is 22.3. The van der Waals surface area contributed by atoms with Crippen molar-refractivity contribution in [3.63, 3.8) is 0 Å². The highest BCUT2D eigenvalue weighted by molar-refractivity contribution is 9.10. The van der Waals surface area contributed by atoms with Crippen LogP contribution in [0.25, 0.3) is 17.0 Å². The molecule has 192 valence electrons. The van der Waals surface area contributed by atoms with Gasteiger partial charge in [0.25, 0.3) is 11.6 Å². The number of halogens is 1. The van der Waals surface area contributed by atoms with Gasteiger partial charge < -0.3 is 10.1 Å². The molecule has 0 aliphatic rings. The number of anilines is 1. The fraction of sp³-hybridized carbons (Fsp3) is 0.154. The molecule has 0 aliphatic carbocycles. The molecule has 0 radical (unpaired) electrons. The predicted molar refractivity (Wildman–Crippen MR) is 145 cm³/mol. The number of carbonyl (C=O) groups is 1. The van der Waals surface area contributed by atoms with Crippen LogP contribution in [-0.2, 0) is 6.54 Å². The lowest BCUT2D eigenvalue weighted by atomic mass is 10.1. The Labute approximate surface area is 225 Å². The average Bonchev–Trinajstić information content (AvgIpc) is 3.46. The molecule has 2 aromatic carbocycles. The number of nitro benzene ring substituents is 1. The van der Waals surface area contributed by atoms with Crippen molar-refractivity contribution < 1.29 is 14.5 Å². The summed E-state index contributed by atoms with van der Waals surface area (Å²) in [7, 11) is 0. The zero-order valence-electron chi connectivity index (χ0n) is 20.7. The quantitative estimate of drug-likeness (QED) is 0.187. The van der Waals surface area contributed by atoms with Crippen molar-refractivity contribution in [1.29, 1.82) is 0 Å². The molecule has 0 bridgehead atoms. The number of nitro groups is 1. The Morgan fingerprint density at radius 3 is 2.50 bits per heavy atom. The smallest absolute Gasteiger partial charge is 0.276 e. The lowest BCUT2D eigenvalue weighted by Crippen LogP contribution is -2.13. The Bertz CT molecular complexity index is 1690. The van der Waals surface area contributed by atoms with E-state index in [1.54, 1.807) is 16.9 Å². The number of rotatable bonds is 7. The van der Waals surface area contributed by atoms with E-state index in [0.717, 1.165) is 15.6 Å². The number of hydrogen-bond acceptors (Lipinski definition) is 7. The van der Waals surface area contributed by atoms with Crippen molar-refractivity contribution >= 4 is 38.9 Å². The first-order valence-electron chi connectivity index (χ1n) is 11.7. The Morgan fingerprint density at radius 2 is 1.82 bits per heavy atom. The third-order valence-electron chi connectivity index (χ3n) is 5.67. The van der Waals surface area contributed by atoms with E-state index < -0.39 is 10.8 Å². The number of non-ortho nitro benzene ring substituents is 1. The molecule has 5 rings (SSSR count). The number of aromatic nitrogens is 5. The molecule has 0 saturated heterocycles. The van der Waals surface area contributed by atoms with Crippen LogP contribution in [0.2, 0.25) is 0 Å². The first-order valence-corrected chi connectivity index (χ1v) is 12.4. The lowest BCUT2D eigenvalue weighted by molar-refractivity contribution is -0.384. The largest absolute Gasteiger partial charge is 0.457 e. The molecule has 12 heteroatoms. The van der Waals surface area contributed by atoms with Crippen LogP contribution in [0.4, 0.5) is 11.4 Å². The Hall–Kier alpha value is -4.58. The highest BCUT2D eigenvalue weighted by Crippen LogP contribution is 2.31. The number of benzene rings is 2. The van der Waals surface area contributed by atoms with Crippen molar-refractivity contribution in [2.24, 2.45) is 0 Å². The van der Waals surface area contributed by atoms with E-state index in [-0.39, 0.29) is 22.8 Å². The Kier molecular flexibility index (Phi) is 6.64. The van der Waals surface area contributed by atoms with Gasteiger partial charge in [-0.05, 0) is 66.0 Å². The molecule has 1 amide bonds. The monoisotopic (exact) mass is 575 g/mol. The molecule has 0 atom stereocenters. The van der Waals surface area contributed by atoms with Gasteiger partial charge in [0.2, 0.25) is 0 Å². The van der Waals surface area contributed by atoms with Gasteiger partial charge in [-0.25, -0.2) is 9.50 Å². The number of amides is 1. The molecule has 0 aliphatic heterocycles. The van der Waals surface area contributed by atoms with E-state index in [2.05, 4.69) is 36.4 Å². The second-order valence-electron chi connectivity index (χ2n) is 8.66. The minimum Gasteiger partial charge on any atom is -0.457 e. The molecule has 11 nitrogen and oxygen atoms in total. The van der Waals surface area contributed by atoms with Gasteiger partial charge in [0.05, 0.1) is 26.8 Å². The maximum atomic E-state index is 13.1. The third-order valence-corrected chi connectivity index (χ3v) is 6.25. The van der Waals surface area contributed by atoms with Crippen LogP contribution < -0.4 is 10.1 Å². The summed E-state index contributed by atoms with van der Waals surface area (Å²) in [6, 6.07) is 13.0. The fourth-order valence-corrected chi connectivity index (χ4v) is 4.58. The number of fused-ring (bicyclic) bond motifs is 1. The van der Waals surface area contributed by atoms with E-state index in [9.17, 15) is 14.9 Å². The summed E-state index contributed by atoms with van der Waals surface area (Å²) in [6.07, 6.45) is 3.47. The fourth-order valence-electron chi connectivity index (χ4n) is 4.06. The molecule has 1 N–H and O–H groups in total.